The lowest BCUT2D eigenvalue weighted by Crippen LogP contribution is -2.26. The van der Waals surface area contributed by atoms with Crippen LogP contribution in [0, 0.1) is 0 Å². The number of aryl methyl sites for hydroxylation is 1. The monoisotopic (exact) mass is 314 g/mol. The van der Waals surface area contributed by atoms with Crippen LogP contribution in [0.15, 0.2) is 22.6 Å². The Kier molecular flexibility index (Phi) is 4.71. The van der Waals surface area contributed by atoms with E-state index < -0.39 is 0 Å². The number of nitrogens with one attached hydrogen (secondary N) is 1. The van der Waals surface area contributed by atoms with Crippen LogP contribution in [0.5, 0.6) is 0 Å². The predicted octanol–water partition coefficient (Wildman–Crippen LogP) is 3.55. The maximum atomic E-state index is 12.2. The van der Waals surface area contributed by atoms with E-state index in [1.165, 1.54) is 11.1 Å². The Labute approximate surface area is 137 Å². The van der Waals surface area contributed by atoms with Crippen molar-refractivity contribution in [3.63, 3.8) is 0 Å². The van der Waals surface area contributed by atoms with Gasteiger partial charge in [-0.05, 0) is 61.5 Å². The number of rotatable bonds is 4. The first-order valence-electron chi connectivity index (χ1n) is 8.59. The van der Waals surface area contributed by atoms with Crippen molar-refractivity contribution in [2.75, 3.05) is 27.2 Å². The summed E-state index contributed by atoms with van der Waals surface area (Å²) in [6.45, 7) is 4.30. The number of amides is 1. The molecule has 0 bridgehead atoms. The molecule has 4 nitrogen and oxygen atoms in total. The minimum absolute atomic E-state index is 0.0745. The quantitative estimate of drug-likeness (QED) is 0.938. The van der Waals surface area contributed by atoms with Gasteiger partial charge in [-0.25, -0.2) is 0 Å². The largest absolute Gasteiger partial charge is 0.451 e. The smallest absolute Gasteiger partial charge is 0.289 e. The van der Waals surface area contributed by atoms with Gasteiger partial charge in [0.2, 0.25) is 0 Å². The number of carbonyl (C=O) groups is 1. The molecule has 0 aliphatic carbocycles. The van der Waals surface area contributed by atoms with E-state index in [0.717, 1.165) is 49.7 Å². The standard InChI is InChI=1S/C19H26N2O2/c1-4-5-13-10-15-12-17(19(22)21(2)3)23-18(15)16(11-13)14-6-8-20-9-7-14/h10-12,14,20H,4-9H2,1-3H3. The molecule has 0 atom stereocenters. The third-order valence-corrected chi connectivity index (χ3v) is 4.64. The topological polar surface area (TPSA) is 45.5 Å². The minimum atomic E-state index is -0.0745. The van der Waals surface area contributed by atoms with Crippen molar-refractivity contribution >= 4 is 16.9 Å². The lowest BCUT2D eigenvalue weighted by molar-refractivity contribution is 0.0799. The number of furan rings is 1. The third kappa shape index (κ3) is 3.27. The first-order chi connectivity index (χ1) is 11.1. The van der Waals surface area contributed by atoms with Gasteiger partial charge in [0, 0.05) is 19.5 Å². The van der Waals surface area contributed by atoms with Crippen molar-refractivity contribution in [2.45, 2.75) is 38.5 Å². The summed E-state index contributed by atoms with van der Waals surface area (Å²) in [4.78, 5) is 13.8. The van der Waals surface area contributed by atoms with E-state index >= 15 is 0 Å². The van der Waals surface area contributed by atoms with Crippen LogP contribution in [0.2, 0.25) is 0 Å². The van der Waals surface area contributed by atoms with Gasteiger partial charge in [-0.15, -0.1) is 0 Å². The summed E-state index contributed by atoms with van der Waals surface area (Å²) < 4.78 is 6.00. The summed E-state index contributed by atoms with van der Waals surface area (Å²) >= 11 is 0. The molecule has 23 heavy (non-hydrogen) atoms. The van der Waals surface area contributed by atoms with Crippen LogP contribution in [-0.4, -0.2) is 38.0 Å². The Morgan fingerprint density at radius 1 is 1.26 bits per heavy atom. The molecule has 2 heterocycles. The highest BCUT2D eigenvalue weighted by atomic mass is 16.3. The van der Waals surface area contributed by atoms with E-state index in [1.807, 2.05) is 6.07 Å². The summed E-state index contributed by atoms with van der Waals surface area (Å²) in [7, 11) is 3.51. The molecule has 0 radical (unpaired) electrons. The Hall–Kier alpha value is -1.81. The lowest BCUT2D eigenvalue weighted by atomic mass is 9.87. The second kappa shape index (κ2) is 6.75. The maximum absolute atomic E-state index is 12.2. The lowest BCUT2D eigenvalue weighted by Gasteiger charge is -2.23. The third-order valence-electron chi connectivity index (χ3n) is 4.64. The fourth-order valence-corrected chi connectivity index (χ4v) is 3.44. The maximum Gasteiger partial charge on any atom is 0.289 e. The van der Waals surface area contributed by atoms with E-state index in [9.17, 15) is 4.79 Å². The van der Waals surface area contributed by atoms with E-state index in [4.69, 9.17) is 4.42 Å². The highest BCUT2D eigenvalue weighted by molar-refractivity contribution is 5.96. The summed E-state index contributed by atoms with van der Waals surface area (Å²) in [6.07, 6.45) is 4.44. The Morgan fingerprint density at radius 2 is 2.00 bits per heavy atom. The normalized spacial score (nSPS) is 16.0. The first-order valence-corrected chi connectivity index (χ1v) is 8.59. The van der Waals surface area contributed by atoms with Crippen LogP contribution >= 0.6 is 0 Å². The Morgan fingerprint density at radius 3 is 2.65 bits per heavy atom. The van der Waals surface area contributed by atoms with Crippen LogP contribution in [0.25, 0.3) is 11.0 Å². The van der Waals surface area contributed by atoms with Crippen LogP contribution in [0.3, 0.4) is 0 Å². The van der Waals surface area contributed by atoms with Gasteiger partial charge in [-0.2, -0.15) is 0 Å². The van der Waals surface area contributed by atoms with Gasteiger partial charge in [-0.1, -0.05) is 19.4 Å². The van der Waals surface area contributed by atoms with E-state index in [0.29, 0.717) is 11.7 Å². The van der Waals surface area contributed by atoms with Gasteiger partial charge < -0.3 is 14.6 Å². The number of fused-ring (bicyclic) bond motifs is 1. The Bertz CT molecular complexity index is 697. The molecule has 1 aromatic carbocycles. The average Bonchev–Trinajstić information content (AvgIpc) is 2.98. The zero-order valence-electron chi connectivity index (χ0n) is 14.3. The Balaban J connectivity index is 2.08. The second-order valence-electron chi connectivity index (χ2n) is 6.69. The molecule has 0 saturated carbocycles. The number of hydrogen-bond acceptors (Lipinski definition) is 3. The van der Waals surface area contributed by atoms with E-state index in [1.54, 1.807) is 19.0 Å². The van der Waals surface area contributed by atoms with Crippen LogP contribution in [0.1, 0.15) is 53.8 Å². The van der Waals surface area contributed by atoms with Crippen molar-refractivity contribution < 1.29 is 9.21 Å². The fourth-order valence-electron chi connectivity index (χ4n) is 3.44. The van der Waals surface area contributed by atoms with Gasteiger partial charge in [0.25, 0.3) is 5.91 Å². The van der Waals surface area contributed by atoms with Crippen LogP contribution < -0.4 is 5.32 Å². The molecular weight excluding hydrogens is 288 g/mol. The fraction of sp³-hybridized carbons (Fsp3) is 0.526. The molecule has 0 spiro atoms. The molecule has 1 aromatic heterocycles. The van der Waals surface area contributed by atoms with Gasteiger partial charge in [0.15, 0.2) is 5.76 Å². The minimum Gasteiger partial charge on any atom is -0.451 e. The summed E-state index contributed by atoms with van der Waals surface area (Å²) in [6, 6.07) is 6.38. The highest BCUT2D eigenvalue weighted by Gasteiger charge is 2.22. The molecule has 1 N–H and O–H groups in total. The number of benzene rings is 1. The van der Waals surface area contributed by atoms with E-state index in [-0.39, 0.29) is 5.91 Å². The van der Waals surface area contributed by atoms with Gasteiger partial charge in [-0.3, -0.25) is 4.79 Å². The molecule has 1 saturated heterocycles. The van der Waals surface area contributed by atoms with Gasteiger partial charge >= 0.3 is 0 Å². The number of hydrogen-bond donors (Lipinski definition) is 1. The van der Waals surface area contributed by atoms with Gasteiger partial charge in [0.05, 0.1) is 0 Å². The number of nitrogens with zero attached hydrogens (tertiary/aromatic N) is 1. The van der Waals surface area contributed by atoms with Crippen molar-refractivity contribution in [1.29, 1.82) is 0 Å². The zero-order chi connectivity index (χ0) is 16.4. The summed E-state index contributed by atoms with van der Waals surface area (Å²) in [5.74, 6) is 0.882. The molecule has 0 unspecified atom stereocenters. The van der Waals surface area contributed by atoms with E-state index in [2.05, 4.69) is 24.4 Å². The number of piperidine rings is 1. The van der Waals surface area contributed by atoms with Crippen molar-refractivity contribution in [3.8, 4) is 0 Å². The molecule has 4 heteroatoms. The molecule has 1 aliphatic heterocycles. The highest BCUT2D eigenvalue weighted by Crippen LogP contribution is 2.34. The van der Waals surface area contributed by atoms with Crippen molar-refractivity contribution in [3.05, 3.63) is 35.1 Å². The van der Waals surface area contributed by atoms with Crippen molar-refractivity contribution in [2.24, 2.45) is 0 Å². The summed E-state index contributed by atoms with van der Waals surface area (Å²) in [5, 5.41) is 4.48. The molecule has 3 rings (SSSR count). The predicted molar refractivity (Wildman–Crippen MR) is 93.1 cm³/mol. The van der Waals surface area contributed by atoms with Gasteiger partial charge in [0.1, 0.15) is 5.58 Å². The zero-order valence-corrected chi connectivity index (χ0v) is 14.3. The number of carbonyl (C=O) groups excluding carboxylic acids is 1. The first kappa shape index (κ1) is 16.1. The molecule has 2 aromatic rings. The average molecular weight is 314 g/mol. The SMILES string of the molecule is CCCc1cc(C2CCNCC2)c2oc(C(=O)N(C)C)cc2c1. The second-order valence-corrected chi connectivity index (χ2v) is 6.69. The molecule has 124 valence electrons. The van der Waals surface area contributed by atoms with Crippen LogP contribution in [0.4, 0.5) is 0 Å². The van der Waals surface area contributed by atoms with Crippen LogP contribution in [-0.2, 0) is 6.42 Å². The molecular formula is C19H26N2O2. The van der Waals surface area contributed by atoms with Crippen molar-refractivity contribution in [1.82, 2.24) is 10.2 Å². The molecule has 1 amide bonds. The molecule has 1 aliphatic rings. The summed E-state index contributed by atoms with van der Waals surface area (Å²) in [5.41, 5.74) is 3.53. The molecule has 1 fully saturated rings.